The molecule has 1 amide bonds. The van der Waals surface area contributed by atoms with Gasteiger partial charge in [-0.25, -0.2) is 9.78 Å². The van der Waals surface area contributed by atoms with Crippen molar-refractivity contribution in [1.29, 1.82) is 0 Å². The molecular weight excluding hydrogens is 258 g/mol. The number of carboxylic acids is 1. The van der Waals surface area contributed by atoms with Gasteiger partial charge in [0.2, 0.25) is 5.91 Å². The van der Waals surface area contributed by atoms with Crippen LogP contribution in [-0.2, 0) is 9.59 Å². The first-order valence-corrected chi connectivity index (χ1v) is 6.58. The molecule has 6 heteroatoms. The Morgan fingerprint density at radius 2 is 1.95 bits per heavy atom. The summed E-state index contributed by atoms with van der Waals surface area (Å²) in [7, 11) is 0. The lowest BCUT2D eigenvalue weighted by Crippen LogP contribution is -2.30. The maximum atomic E-state index is 11.4. The van der Waals surface area contributed by atoms with Gasteiger partial charge in [-0.1, -0.05) is 0 Å². The first kappa shape index (κ1) is 14.0. The van der Waals surface area contributed by atoms with Crippen molar-refractivity contribution in [3.63, 3.8) is 0 Å². The van der Waals surface area contributed by atoms with E-state index < -0.39 is 11.9 Å². The zero-order valence-corrected chi connectivity index (χ0v) is 11.1. The van der Waals surface area contributed by atoms with E-state index in [2.05, 4.69) is 15.2 Å². The van der Waals surface area contributed by atoms with Crippen LogP contribution in [0.2, 0.25) is 0 Å². The molecule has 2 heterocycles. The molecule has 0 aromatic carbocycles. The molecule has 1 aliphatic heterocycles. The third-order valence-corrected chi connectivity index (χ3v) is 3.07. The van der Waals surface area contributed by atoms with Crippen molar-refractivity contribution in [2.24, 2.45) is 0 Å². The third kappa shape index (κ3) is 4.08. The number of piperidine rings is 1. The molecular formula is C14H17N3O3. The highest BCUT2D eigenvalue weighted by Gasteiger charge is 2.11. The van der Waals surface area contributed by atoms with Gasteiger partial charge in [0.15, 0.2) is 0 Å². The summed E-state index contributed by atoms with van der Waals surface area (Å²) in [6.07, 6.45) is 6.98. The lowest BCUT2D eigenvalue weighted by atomic mass is 10.1. The van der Waals surface area contributed by atoms with E-state index in [-0.39, 0.29) is 0 Å². The number of aliphatic carboxylic acids is 1. The van der Waals surface area contributed by atoms with Crippen molar-refractivity contribution in [1.82, 2.24) is 4.98 Å². The molecule has 106 valence electrons. The van der Waals surface area contributed by atoms with Gasteiger partial charge in [0.05, 0.1) is 11.9 Å². The molecule has 6 nitrogen and oxygen atoms in total. The lowest BCUT2D eigenvalue weighted by molar-refractivity contribution is -0.131. The van der Waals surface area contributed by atoms with E-state index in [0.29, 0.717) is 5.69 Å². The highest BCUT2D eigenvalue weighted by atomic mass is 16.4. The number of aromatic nitrogens is 1. The average Bonchev–Trinajstić information content (AvgIpc) is 2.47. The summed E-state index contributed by atoms with van der Waals surface area (Å²) in [5.74, 6) is -0.734. The molecule has 20 heavy (non-hydrogen) atoms. The Morgan fingerprint density at radius 1 is 1.20 bits per heavy atom. The fourth-order valence-corrected chi connectivity index (χ4v) is 2.10. The number of carboxylic acid groups (broad SMARTS) is 1. The second-order valence-corrected chi connectivity index (χ2v) is 4.61. The first-order valence-electron chi connectivity index (χ1n) is 6.58. The number of nitrogens with one attached hydrogen (secondary N) is 1. The minimum atomic E-state index is -1.15. The normalized spacial score (nSPS) is 15.3. The van der Waals surface area contributed by atoms with Crippen LogP contribution in [-0.4, -0.2) is 35.1 Å². The van der Waals surface area contributed by atoms with Crippen molar-refractivity contribution < 1.29 is 14.7 Å². The number of hydrogen-bond donors (Lipinski definition) is 2. The number of amides is 1. The second-order valence-electron chi connectivity index (χ2n) is 4.61. The van der Waals surface area contributed by atoms with E-state index in [1.807, 2.05) is 6.07 Å². The van der Waals surface area contributed by atoms with Gasteiger partial charge in [0.1, 0.15) is 5.82 Å². The van der Waals surface area contributed by atoms with Crippen LogP contribution in [0.3, 0.4) is 0 Å². The van der Waals surface area contributed by atoms with Crippen LogP contribution < -0.4 is 10.2 Å². The Morgan fingerprint density at radius 3 is 2.55 bits per heavy atom. The molecule has 0 radical (unpaired) electrons. The molecule has 0 atom stereocenters. The van der Waals surface area contributed by atoms with Crippen molar-refractivity contribution in [2.45, 2.75) is 19.3 Å². The molecule has 1 aromatic heterocycles. The monoisotopic (exact) mass is 275 g/mol. The first-order chi connectivity index (χ1) is 9.65. The van der Waals surface area contributed by atoms with Gasteiger partial charge in [-0.05, 0) is 31.4 Å². The molecule has 2 rings (SSSR count). The minimum absolute atomic E-state index is 0.486. The van der Waals surface area contributed by atoms with Gasteiger partial charge in [0, 0.05) is 25.2 Å². The second kappa shape index (κ2) is 6.70. The Bertz CT molecular complexity index is 505. The van der Waals surface area contributed by atoms with Crippen LogP contribution in [0.5, 0.6) is 0 Å². The maximum Gasteiger partial charge on any atom is 0.328 e. The molecule has 1 aromatic rings. The highest BCUT2D eigenvalue weighted by Crippen LogP contribution is 2.18. The van der Waals surface area contributed by atoms with Crippen molar-refractivity contribution in [3.8, 4) is 0 Å². The van der Waals surface area contributed by atoms with E-state index in [9.17, 15) is 9.59 Å². The Labute approximate surface area is 117 Å². The van der Waals surface area contributed by atoms with E-state index >= 15 is 0 Å². The van der Waals surface area contributed by atoms with Gasteiger partial charge < -0.3 is 15.3 Å². The fraction of sp³-hybridized carbons (Fsp3) is 0.357. The summed E-state index contributed by atoms with van der Waals surface area (Å²) < 4.78 is 0. The average molecular weight is 275 g/mol. The topological polar surface area (TPSA) is 82.5 Å². The summed E-state index contributed by atoms with van der Waals surface area (Å²) >= 11 is 0. The van der Waals surface area contributed by atoms with Crippen LogP contribution in [0, 0.1) is 0 Å². The number of carbonyl (C=O) groups is 2. The van der Waals surface area contributed by atoms with E-state index in [0.717, 1.165) is 31.1 Å². The predicted molar refractivity (Wildman–Crippen MR) is 75.7 cm³/mol. The van der Waals surface area contributed by atoms with Gasteiger partial charge in [-0.3, -0.25) is 4.79 Å². The molecule has 1 aliphatic rings. The summed E-state index contributed by atoms with van der Waals surface area (Å²) in [4.78, 5) is 28.2. The van der Waals surface area contributed by atoms with Crippen LogP contribution in [0.4, 0.5) is 11.5 Å². The van der Waals surface area contributed by atoms with Gasteiger partial charge >= 0.3 is 5.97 Å². The van der Waals surface area contributed by atoms with E-state index in [1.165, 1.54) is 19.3 Å². The van der Waals surface area contributed by atoms with Gasteiger partial charge in [-0.2, -0.15) is 0 Å². The van der Waals surface area contributed by atoms with E-state index in [4.69, 9.17) is 5.11 Å². The minimum Gasteiger partial charge on any atom is -0.478 e. The Hall–Kier alpha value is -2.37. The smallest absolute Gasteiger partial charge is 0.328 e. The fourth-order valence-electron chi connectivity index (χ4n) is 2.10. The van der Waals surface area contributed by atoms with E-state index in [1.54, 1.807) is 12.3 Å². The molecule has 0 spiro atoms. The SMILES string of the molecule is O=C(O)/C=C/C(=O)Nc1ccc(N2CCCCC2)nc1. The van der Waals surface area contributed by atoms with Crippen LogP contribution in [0.1, 0.15) is 19.3 Å². The molecule has 0 aliphatic carbocycles. The summed E-state index contributed by atoms with van der Waals surface area (Å²) in [5.41, 5.74) is 0.547. The highest BCUT2D eigenvalue weighted by molar-refractivity contribution is 6.02. The summed E-state index contributed by atoms with van der Waals surface area (Å²) in [6.45, 7) is 2.03. The van der Waals surface area contributed by atoms with Crippen molar-refractivity contribution in [2.75, 3.05) is 23.3 Å². The number of nitrogens with zero attached hydrogens (tertiary/aromatic N) is 2. The number of carbonyl (C=O) groups excluding carboxylic acids is 1. The number of hydrogen-bond acceptors (Lipinski definition) is 4. The lowest BCUT2D eigenvalue weighted by Gasteiger charge is -2.27. The zero-order valence-electron chi connectivity index (χ0n) is 11.1. The standard InChI is InChI=1S/C14H17N3O3/c18-13(6-7-14(19)20)16-11-4-5-12(15-10-11)17-8-2-1-3-9-17/h4-7,10H,1-3,8-9H2,(H,16,18)(H,19,20)/b7-6+. The predicted octanol–water partition coefficient (Wildman–Crippen LogP) is 1.65. The largest absolute Gasteiger partial charge is 0.478 e. The maximum absolute atomic E-state index is 11.4. The number of pyridine rings is 1. The summed E-state index contributed by atoms with van der Waals surface area (Å²) in [6, 6.07) is 3.63. The number of rotatable bonds is 4. The van der Waals surface area contributed by atoms with Crippen molar-refractivity contribution >= 4 is 23.4 Å². The molecule has 0 unspecified atom stereocenters. The number of anilines is 2. The van der Waals surface area contributed by atoms with Crippen molar-refractivity contribution in [3.05, 3.63) is 30.5 Å². The van der Waals surface area contributed by atoms with Gasteiger partial charge in [0.25, 0.3) is 0 Å². The molecule has 1 saturated heterocycles. The van der Waals surface area contributed by atoms with Gasteiger partial charge in [-0.15, -0.1) is 0 Å². The third-order valence-electron chi connectivity index (χ3n) is 3.07. The molecule has 2 N–H and O–H groups in total. The quantitative estimate of drug-likeness (QED) is 0.816. The molecule has 1 fully saturated rings. The summed E-state index contributed by atoms with van der Waals surface area (Å²) in [5, 5.41) is 11.0. The molecule has 0 bridgehead atoms. The van der Waals surface area contributed by atoms with Crippen LogP contribution in [0.25, 0.3) is 0 Å². The Kier molecular flexibility index (Phi) is 4.70. The Balaban J connectivity index is 1.94. The zero-order chi connectivity index (χ0) is 14.4. The van der Waals surface area contributed by atoms with Crippen LogP contribution in [0.15, 0.2) is 30.5 Å². The molecule has 0 saturated carbocycles. The van der Waals surface area contributed by atoms with Crippen LogP contribution >= 0.6 is 0 Å².